The molecule has 4 atom stereocenters. The lowest BCUT2D eigenvalue weighted by Crippen LogP contribution is -2.48. The van der Waals surface area contributed by atoms with Gasteiger partial charge in [0, 0.05) is 44.8 Å². The summed E-state index contributed by atoms with van der Waals surface area (Å²) in [5.74, 6) is -0.193. The molecule has 0 aliphatic carbocycles. The van der Waals surface area contributed by atoms with Gasteiger partial charge in [-0.1, -0.05) is 13.0 Å². The molecule has 13 heteroatoms. The van der Waals surface area contributed by atoms with Crippen molar-refractivity contribution < 1.29 is 32.6 Å². The summed E-state index contributed by atoms with van der Waals surface area (Å²) >= 11 is 1.10. The van der Waals surface area contributed by atoms with Crippen LogP contribution in [-0.2, 0) is 19.6 Å². The Balaban J connectivity index is 1.92. The maximum Gasteiger partial charge on any atom is 0.271 e. The Morgan fingerprint density at radius 1 is 1.20 bits per heavy atom. The first kappa shape index (κ1) is 36.8. The van der Waals surface area contributed by atoms with Gasteiger partial charge in [-0.3, -0.25) is 14.3 Å². The van der Waals surface area contributed by atoms with E-state index in [-0.39, 0.29) is 52.6 Å². The zero-order chi connectivity index (χ0) is 33.1. The number of carbonyl (C=O) groups excluding carboxylic acids is 2. The molecule has 0 unspecified atom stereocenters. The lowest BCUT2D eigenvalue weighted by atomic mass is 10.0. The summed E-state index contributed by atoms with van der Waals surface area (Å²) in [6, 6.07) is 7.34. The van der Waals surface area contributed by atoms with E-state index in [0.29, 0.717) is 25.3 Å². The van der Waals surface area contributed by atoms with Crippen LogP contribution in [0.2, 0.25) is 0 Å². The van der Waals surface area contributed by atoms with Gasteiger partial charge in [-0.2, -0.15) is 0 Å². The van der Waals surface area contributed by atoms with Crippen LogP contribution in [0.5, 0.6) is 5.75 Å². The summed E-state index contributed by atoms with van der Waals surface area (Å²) < 4.78 is 41.2. The predicted molar refractivity (Wildman–Crippen MR) is 177 cm³/mol. The second-order valence-corrected chi connectivity index (χ2v) is 15.1. The highest BCUT2D eigenvalue weighted by Crippen LogP contribution is 2.30. The number of aliphatic hydroxyl groups is 1. The Morgan fingerprint density at radius 3 is 2.62 bits per heavy atom. The second-order valence-electron chi connectivity index (χ2n) is 12.2. The standard InChI is InChI=1S/C32H50N4O7S2/c1-23-20-36(24(2)22-37)32(39)27-19-26(33-45(40,41)31-13-10-18-44-31)14-15-28(27)43-25(3)11-7-8-17-42-29(23)21-35(6)30(38)12-9-16-34(4)5/h10,13-15,18-19,23-25,29,33,37H,7-9,11-12,16-17,20-22H2,1-6H3/t23-,24-,25+,29-/m0/s1. The summed E-state index contributed by atoms with van der Waals surface area (Å²) in [6.07, 6.45) is 3.03. The van der Waals surface area contributed by atoms with Gasteiger partial charge in [0.25, 0.3) is 15.9 Å². The molecule has 1 aliphatic heterocycles. The predicted octanol–water partition coefficient (Wildman–Crippen LogP) is 4.14. The lowest BCUT2D eigenvalue weighted by molar-refractivity contribution is -0.132. The first-order valence-electron chi connectivity index (χ1n) is 15.6. The first-order valence-corrected chi connectivity index (χ1v) is 18.0. The van der Waals surface area contributed by atoms with Crippen LogP contribution in [0.3, 0.4) is 0 Å². The first-order chi connectivity index (χ1) is 21.3. The Kier molecular flexibility index (Phi) is 14.1. The zero-order valence-corrected chi connectivity index (χ0v) is 29.0. The smallest absolute Gasteiger partial charge is 0.271 e. The molecule has 2 N–H and O–H groups in total. The molecular formula is C32H50N4O7S2. The van der Waals surface area contributed by atoms with Crippen LogP contribution in [0.1, 0.15) is 63.2 Å². The van der Waals surface area contributed by atoms with Crippen LogP contribution in [-0.4, -0.2) is 112 Å². The van der Waals surface area contributed by atoms with Crippen LogP contribution in [0.4, 0.5) is 5.69 Å². The number of thiophene rings is 1. The Hall–Kier alpha value is -2.71. The van der Waals surface area contributed by atoms with Crippen LogP contribution in [0.25, 0.3) is 0 Å². The van der Waals surface area contributed by atoms with Gasteiger partial charge >= 0.3 is 0 Å². The molecule has 0 bridgehead atoms. The normalized spacial score (nSPS) is 21.0. The largest absolute Gasteiger partial charge is 0.490 e. The molecule has 11 nitrogen and oxygen atoms in total. The zero-order valence-electron chi connectivity index (χ0n) is 27.4. The van der Waals surface area contributed by atoms with Crippen molar-refractivity contribution in [1.29, 1.82) is 0 Å². The number of aliphatic hydroxyl groups excluding tert-OH is 1. The highest BCUT2D eigenvalue weighted by molar-refractivity contribution is 7.94. The van der Waals surface area contributed by atoms with Crippen LogP contribution < -0.4 is 9.46 Å². The molecule has 2 amide bonds. The maximum absolute atomic E-state index is 14.3. The van der Waals surface area contributed by atoms with Crippen LogP contribution in [0, 0.1) is 5.92 Å². The molecule has 0 saturated heterocycles. The highest BCUT2D eigenvalue weighted by atomic mass is 32.2. The molecule has 45 heavy (non-hydrogen) atoms. The molecule has 3 rings (SSSR count). The number of nitrogens with one attached hydrogen (secondary N) is 1. The van der Waals surface area contributed by atoms with E-state index in [4.69, 9.17) is 9.47 Å². The monoisotopic (exact) mass is 666 g/mol. The highest BCUT2D eigenvalue weighted by Gasteiger charge is 2.31. The van der Waals surface area contributed by atoms with E-state index in [1.54, 1.807) is 47.4 Å². The van der Waals surface area contributed by atoms with Gasteiger partial charge in [0.1, 0.15) is 9.96 Å². The van der Waals surface area contributed by atoms with E-state index in [0.717, 1.165) is 43.6 Å². The average molecular weight is 667 g/mol. The van der Waals surface area contributed by atoms with Crippen molar-refractivity contribution in [2.75, 3.05) is 58.7 Å². The van der Waals surface area contributed by atoms with Gasteiger partial charge < -0.3 is 29.3 Å². The van der Waals surface area contributed by atoms with Crippen LogP contribution in [0.15, 0.2) is 39.9 Å². The van der Waals surface area contributed by atoms with E-state index < -0.39 is 22.0 Å². The molecule has 1 aliphatic rings. The van der Waals surface area contributed by atoms with Crippen molar-refractivity contribution >= 4 is 38.9 Å². The van der Waals surface area contributed by atoms with Gasteiger partial charge in [0.15, 0.2) is 0 Å². The van der Waals surface area contributed by atoms with Gasteiger partial charge in [-0.15, -0.1) is 11.3 Å². The van der Waals surface area contributed by atoms with E-state index in [1.165, 1.54) is 12.1 Å². The van der Waals surface area contributed by atoms with E-state index >= 15 is 0 Å². The number of nitrogens with zero attached hydrogens (tertiary/aromatic N) is 3. The summed E-state index contributed by atoms with van der Waals surface area (Å²) in [5.41, 5.74) is 0.427. The molecule has 0 spiro atoms. The maximum atomic E-state index is 14.3. The Labute approximate surface area is 272 Å². The fourth-order valence-electron chi connectivity index (χ4n) is 5.18. The van der Waals surface area contributed by atoms with Crippen molar-refractivity contribution in [2.24, 2.45) is 5.92 Å². The average Bonchev–Trinajstić information content (AvgIpc) is 3.54. The number of carbonyl (C=O) groups is 2. The fraction of sp³-hybridized carbons (Fsp3) is 0.625. The number of fused-ring (bicyclic) bond motifs is 1. The summed E-state index contributed by atoms with van der Waals surface area (Å²) in [7, 11) is 1.90. The SMILES string of the molecule is C[C@@H]1CCCCO[C@@H](CN(C)C(=O)CCCN(C)C)[C@@H](C)CN([C@@H](C)CO)C(=O)c2cc(NS(=O)(=O)c3cccs3)ccc2O1. The van der Waals surface area contributed by atoms with E-state index in [9.17, 15) is 23.1 Å². The van der Waals surface area contributed by atoms with Gasteiger partial charge in [0.05, 0.1) is 30.4 Å². The molecule has 2 heterocycles. The van der Waals surface area contributed by atoms with Gasteiger partial charge in [0.2, 0.25) is 5.91 Å². The summed E-state index contributed by atoms with van der Waals surface area (Å²) in [6.45, 7) is 7.37. The second kappa shape index (κ2) is 17.3. The number of anilines is 1. The van der Waals surface area contributed by atoms with Crippen molar-refractivity contribution in [3.63, 3.8) is 0 Å². The molecule has 2 aromatic rings. The number of hydrogen-bond donors (Lipinski definition) is 2. The van der Waals surface area contributed by atoms with Crippen molar-refractivity contribution in [3.05, 3.63) is 41.3 Å². The third kappa shape index (κ3) is 11.0. The van der Waals surface area contributed by atoms with Crippen molar-refractivity contribution in [2.45, 2.75) is 75.3 Å². The minimum absolute atomic E-state index is 0.0427. The number of benzene rings is 1. The van der Waals surface area contributed by atoms with Gasteiger partial charge in [-0.25, -0.2) is 8.42 Å². The Bertz CT molecular complexity index is 1340. The van der Waals surface area contributed by atoms with Crippen molar-refractivity contribution in [1.82, 2.24) is 14.7 Å². The molecule has 1 aromatic carbocycles. The summed E-state index contributed by atoms with van der Waals surface area (Å²) in [5, 5.41) is 11.8. The summed E-state index contributed by atoms with van der Waals surface area (Å²) in [4.78, 5) is 32.5. The quantitative estimate of drug-likeness (QED) is 0.366. The minimum Gasteiger partial charge on any atom is -0.490 e. The van der Waals surface area contributed by atoms with Crippen molar-refractivity contribution in [3.8, 4) is 5.75 Å². The topological polar surface area (TPSA) is 129 Å². The number of rotatable bonds is 11. The number of likely N-dealkylation sites (N-methyl/N-ethyl adjacent to an activating group) is 1. The van der Waals surface area contributed by atoms with Crippen LogP contribution >= 0.6 is 11.3 Å². The number of hydrogen-bond acceptors (Lipinski definition) is 9. The van der Waals surface area contributed by atoms with E-state index in [2.05, 4.69) is 9.62 Å². The molecule has 0 saturated carbocycles. The number of ether oxygens (including phenoxy) is 2. The van der Waals surface area contributed by atoms with Gasteiger partial charge in [-0.05, 0) is 89.8 Å². The van der Waals surface area contributed by atoms with E-state index in [1.807, 2.05) is 27.9 Å². The lowest BCUT2D eigenvalue weighted by Gasteiger charge is -2.36. The Morgan fingerprint density at radius 2 is 1.96 bits per heavy atom. The fourth-order valence-corrected chi connectivity index (χ4v) is 7.22. The molecule has 1 aromatic heterocycles. The minimum atomic E-state index is -3.84. The third-order valence-electron chi connectivity index (χ3n) is 7.94. The number of amides is 2. The third-order valence-corrected chi connectivity index (χ3v) is 10.7. The number of sulfonamides is 1. The molecular weight excluding hydrogens is 617 g/mol. The molecule has 0 radical (unpaired) electrons. The molecule has 0 fully saturated rings. The molecule has 252 valence electrons.